The molecule has 158 valence electrons. The van der Waals surface area contributed by atoms with Gasteiger partial charge >= 0.3 is 12.4 Å². The summed E-state index contributed by atoms with van der Waals surface area (Å²) in [5.74, 6) is -0.981. The van der Waals surface area contributed by atoms with E-state index in [-0.39, 0.29) is 17.4 Å². The quantitative estimate of drug-likeness (QED) is 0.625. The first-order chi connectivity index (χ1) is 14.0. The van der Waals surface area contributed by atoms with Crippen molar-refractivity contribution in [3.8, 4) is 11.7 Å². The molecular formula is C17H11F6N5O2. The van der Waals surface area contributed by atoms with Crippen LogP contribution in [0.25, 0.3) is 5.95 Å². The number of nitrogens with zero attached hydrogens (tertiary/aromatic N) is 4. The molecule has 30 heavy (non-hydrogen) atoms. The predicted octanol–water partition coefficient (Wildman–Crippen LogP) is 3.38. The Bertz CT molecular complexity index is 1030. The molecule has 2 heterocycles. The maximum absolute atomic E-state index is 13.2. The predicted molar refractivity (Wildman–Crippen MR) is 88.4 cm³/mol. The standard InChI is InChI=1S/C17H11F6N5O2/c18-16(19,20)11-2-1-3-12(17(21,22)23)10(11)8-30-9-6-25-15(26-7-9)28-5-4-13(27-28)14(24)29/h1-7H,8H2,(H2,24,29). The van der Waals surface area contributed by atoms with Crippen LogP contribution in [0.3, 0.4) is 0 Å². The van der Waals surface area contributed by atoms with Gasteiger partial charge in [0, 0.05) is 11.8 Å². The summed E-state index contributed by atoms with van der Waals surface area (Å²) in [5.41, 5.74) is 1.06. The third kappa shape index (κ3) is 4.50. The number of alkyl halides is 6. The van der Waals surface area contributed by atoms with E-state index >= 15 is 0 Å². The zero-order valence-electron chi connectivity index (χ0n) is 14.7. The zero-order valence-corrected chi connectivity index (χ0v) is 14.7. The molecule has 2 aromatic heterocycles. The van der Waals surface area contributed by atoms with E-state index in [1.54, 1.807) is 0 Å². The normalized spacial score (nSPS) is 12.1. The van der Waals surface area contributed by atoms with Crippen LogP contribution in [0.4, 0.5) is 26.3 Å². The van der Waals surface area contributed by atoms with Crippen LogP contribution in [-0.2, 0) is 19.0 Å². The molecule has 0 aliphatic carbocycles. The lowest BCUT2D eigenvalue weighted by molar-refractivity contribution is -0.145. The Balaban J connectivity index is 1.84. The van der Waals surface area contributed by atoms with Gasteiger partial charge in [0.15, 0.2) is 5.75 Å². The van der Waals surface area contributed by atoms with Crippen molar-refractivity contribution in [2.24, 2.45) is 5.73 Å². The molecule has 13 heteroatoms. The van der Waals surface area contributed by atoms with Crippen molar-refractivity contribution in [3.05, 3.63) is 65.2 Å². The fourth-order valence-electron chi connectivity index (χ4n) is 2.50. The Kier molecular flexibility index (Phi) is 5.37. The Morgan fingerprint density at radius 3 is 2.03 bits per heavy atom. The van der Waals surface area contributed by atoms with E-state index in [1.807, 2.05) is 0 Å². The first kappa shape index (κ1) is 21.1. The Morgan fingerprint density at radius 2 is 1.57 bits per heavy atom. The van der Waals surface area contributed by atoms with Crippen LogP contribution in [0.15, 0.2) is 42.9 Å². The van der Waals surface area contributed by atoms with Crippen LogP contribution < -0.4 is 10.5 Å². The number of primary amides is 1. The number of nitrogens with two attached hydrogens (primary N) is 1. The van der Waals surface area contributed by atoms with Gasteiger partial charge in [-0.2, -0.15) is 31.4 Å². The Morgan fingerprint density at radius 1 is 1.00 bits per heavy atom. The number of halogens is 6. The molecule has 0 atom stereocenters. The number of carbonyl (C=O) groups excluding carboxylic acids is 1. The molecule has 0 aliphatic rings. The van der Waals surface area contributed by atoms with Crippen LogP contribution in [0.1, 0.15) is 27.2 Å². The molecule has 0 fully saturated rings. The van der Waals surface area contributed by atoms with Gasteiger partial charge in [-0.25, -0.2) is 14.6 Å². The van der Waals surface area contributed by atoms with Gasteiger partial charge in [-0.05, 0) is 18.2 Å². The molecule has 3 rings (SSSR count). The van der Waals surface area contributed by atoms with Crippen molar-refractivity contribution in [1.82, 2.24) is 19.7 Å². The van der Waals surface area contributed by atoms with Gasteiger partial charge in [-0.3, -0.25) is 4.79 Å². The molecule has 0 saturated carbocycles. The lowest BCUT2D eigenvalue weighted by Crippen LogP contribution is -2.18. The number of carbonyl (C=O) groups is 1. The van der Waals surface area contributed by atoms with Crippen molar-refractivity contribution in [2.45, 2.75) is 19.0 Å². The first-order valence-electron chi connectivity index (χ1n) is 8.04. The number of aromatic nitrogens is 4. The number of rotatable bonds is 5. The highest BCUT2D eigenvalue weighted by molar-refractivity contribution is 5.90. The molecule has 0 saturated heterocycles. The summed E-state index contributed by atoms with van der Waals surface area (Å²) in [6, 6.07) is 3.07. The molecule has 0 radical (unpaired) electrons. The van der Waals surface area contributed by atoms with Gasteiger partial charge < -0.3 is 10.5 Å². The van der Waals surface area contributed by atoms with Crippen LogP contribution in [0, 0.1) is 0 Å². The van der Waals surface area contributed by atoms with Gasteiger partial charge in [-0.1, -0.05) is 6.07 Å². The van der Waals surface area contributed by atoms with E-state index in [0.29, 0.717) is 18.2 Å². The summed E-state index contributed by atoms with van der Waals surface area (Å²) >= 11 is 0. The van der Waals surface area contributed by atoms with Gasteiger partial charge in [0.05, 0.1) is 23.5 Å². The minimum Gasteiger partial charge on any atom is -0.486 e. The summed E-state index contributed by atoms with van der Waals surface area (Å²) in [4.78, 5) is 18.7. The van der Waals surface area contributed by atoms with Gasteiger partial charge in [0.25, 0.3) is 11.9 Å². The number of hydrogen-bond acceptors (Lipinski definition) is 5. The lowest BCUT2D eigenvalue weighted by Gasteiger charge is -2.18. The van der Waals surface area contributed by atoms with Crippen molar-refractivity contribution in [2.75, 3.05) is 0 Å². The lowest BCUT2D eigenvalue weighted by atomic mass is 10.0. The van der Waals surface area contributed by atoms with Crippen molar-refractivity contribution < 1.29 is 35.9 Å². The second-order valence-electron chi connectivity index (χ2n) is 5.84. The van der Waals surface area contributed by atoms with Gasteiger partial charge in [0.2, 0.25) is 0 Å². The van der Waals surface area contributed by atoms with E-state index in [2.05, 4.69) is 15.1 Å². The third-order valence-corrected chi connectivity index (χ3v) is 3.83. The average Bonchev–Trinajstić information content (AvgIpc) is 3.15. The molecule has 0 bridgehead atoms. The zero-order chi connectivity index (χ0) is 22.1. The van der Waals surface area contributed by atoms with Gasteiger partial charge in [0.1, 0.15) is 12.3 Å². The number of ether oxygens (including phenoxy) is 1. The SMILES string of the molecule is NC(=O)c1ccn(-c2ncc(OCc3c(C(F)(F)F)cccc3C(F)(F)F)cn2)n1. The third-order valence-electron chi connectivity index (χ3n) is 3.83. The molecule has 2 N–H and O–H groups in total. The summed E-state index contributed by atoms with van der Waals surface area (Å²) in [6.07, 6.45) is -6.59. The maximum atomic E-state index is 13.2. The highest BCUT2D eigenvalue weighted by Gasteiger charge is 2.40. The van der Waals surface area contributed by atoms with Gasteiger partial charge in [-0.15, -0.1) is 0 Å². The second kappa shape index (κ2) is 7.65. The highest BCUT2D eigenvalue weighted by atomic mass is 19.4. The molecule has 0 spiro atoms. The second-order valence-corrected chi connectivity index (χ2v) is 5.84. The summed E-state index contributed by atoms with van der Waals surface area (Å²) < 4.78 is 85.1. The molecule has 0 aliphatic heterocycles. The largest absolute Gasteiger partial charge is 0.486 e. The average molecular weight is 431 g/mol. The Labute approximate surface area is 164 Å². The van der Waals surface area contributed by atoms with Crippen molar-refractivity contribution in [3.63, 3.8) is 0 Å². The minimum atomic E-state index is -5.00. The molecular weight excluding hydrogens is 420 g/mol. The smallest absolute Gasteiger partial charge is 0.416 e. The maximum Gasteiger partial charge on any atom is 0.416 e. The molecule has 1 amide bonds. The van der Waals surface area contributed by atoms with E-state index < -0.39 is 41.6 Å². The number of hydrogen-bond donors (Lipinski definition) is 1. The summed E-state index contributed by atoms with van der Waals surface area (Å²) in [5, 5.41) is 3.81. The molecule has 1 aromatic carbocycles. The van der Waals surface area contributed by atoms with E-state index in [9.17, 15) is 31.1 Å². The summed E-state index contributed by atoms with van der Waals surface area (Å²) in [6.45, 7) is -1.01. The van der Waals surface area contributed by atoms with E-state index in [1.165, 1.54) is 12.3 Å². The minimum absolute atomic E-state index is 0.0264. The monoisotopic (exact) mass is 431 g/mol. The molecule has 3 aromatic rings. The fourth-order valence-corrected chi connectivity index (χ4v) is 2.50. The molecule has 0 unspecified atom stereocenters. The van der Waals surface area contributed by atoms with Crippen LogP contribution in [0.5, 0.6) is 5.75 Å². The first-order valence-corrected chi connectivity index (χ1v) is 8.04. The fraction of sp³-hybridized carbons (Fsp3) is 0.176. The number of amides is 1. The Hall–Kier alpha value is -3.64. The molecule has 7 nitrogen and oxygen atoms in total. The topological polar surface area (TPSA) is 95.9 Å². The van der Waals surface area contributed by atoms with E-state index in [0.717, 1.165) is 17.1 Å². The van der Waals surface area contributed by atoms with Crippen molar-refractivity contribution >= 4 is 5.91 Å². The van der Waals surface area contributed by atoms with E-state index in [4.69, 9.17) is 10.5 Å². The van der Waals surface area contributed by atoms with Crippen LogP contribution >= 0.6 is 0 Å². The van der Waals surface area contributed by atoms with Crippen LogP contribution in [-0.4, -0.2) is 25.7 Å². The van der Waals surface area contributed by atoms with Crippen LogP contribution in [0.2, 0.25) is 0 Å². The summed E-state index contributed by atoms with van der Waals surface area (Å²) in [7, 11) is 0. The van der Waals surface area contributed by atoms with Crippen molar-refractivity contribution in [1.29, 1.82) is 0 Å². The number of benzene rings is 1. The highest BCUT2D eigenvalue weighted by Crippen LogP contribution is 2.39.